The molecule has 0 saturated carbocycles. The second kappa shape index (κ2) is 5.39. The van der Waals surface area contributed by atoms with Crippen LogP contribution in [-0.2, 0) is 0 Å². The first-order valence-corrected chi connectivity index (χ1v) is 5.56. The van der Waals surface area contributed by atoms with Gasteiger partial charge in [0.2, 0.25) is 5.76 Å². The fourth-order valence-electron chi connectivity index (χ4n) is 1.52. The molecule has 2 aromatic rings. The first-order chi connectivity index (χ1) is 9.11. The minimum absolute atomic E-state index is 0.0951. The Balaban J connectivity index is 2.25. The number of hydrogen-bond acceptors (Lipinski definition) is 5. The molecule has 0 atom stereocenters. The maximum Gasteiger partial charge on any atom is 0.379 e. The molecule has 0 aliphatic carbocycles. The van der Waals surface area contributed by atoms with Gasteiger partial charge in [0, 0.05) is 5.56 Å². The van der Waals surface area contributed by atoms with E-state index in [0.29, 0.717) is 11.3 Å². The highest BCUT2D eigenvalue weighted by Gasteiger charge is 2.15. The average Bonchev–Trinajstić information content (AvgIpc) is 2.92. The Kier molecular flexibility index (Phi) is 3.66. The van der Waals surface area contributed by atoms with E-state index in [1.165, 1.54) is 38.5 Å². The number of ketones is 1. The minimum Gasteiger partial charge on any atom is -0.493 e. The number of benzene rings is 1. The van der Waals surface area contributed by atoms with Crippen LogP contribution in [0, 0.1) is 0 Å². The molecule has 0 aliphatic heterocycles. The molecule has 0 saturated heterocycles. The van der Waals surface area contributed by atoms with Crippen molar-refractivity contribution in [1.29, 1.82) is 0 Å². The van der Waals surface area contributed by atoms with Crippen molar-refractivity contribution in [2.75, 3.05) is 7.11 Å². The van der Waals surface area contributed by atoms with Gasteiger partial charge in [0.05, 0.1) is 13.4 Å². The fraction of sp³-hybridized carbons (Fsp3) is 0.143. The highest BCUT2D eigenvalue weighted by Crippen LogP contribution is 2.29. The molecule has 1 heterocycles. The number of methoxy groups -OCH3 is 1. The van der Waals surface area contributed by atoms with Crippen LogP contribution >= 0.6 is 0 Å². The summed E-state index contributed by atoms with van der Waals surface area (Å²) in [6.45, 7) is 1.45. The number of carbonyl (C=O) groups is 2. The van der Waals surface area contributed by atoms with Crippen LogP contribution in [0.2, 0.25) is 0 Å². The number of Topliss-reactive ketones (excluding diaryl/α,β-unsaturated/α-hetero) is 1. The van der Waals surface area contributed by atoms with Crippen LogP contribution in [-0.4, -0.2) is 18.9 Å². The molecule has 19 heavy (non-hydrogen) atoms. The summed E-state index contributed by atoms with van der Waals surface area (Å²) >= 11 is 0. The van der Waals surface area contributed by atoms with Crippen LogP contribution in [0.25, 0.3) is 0 Å². The van der Waals surface area contributed by atoms with Crippen LogP contribution in [0.5, 0.6) is 11.5 Å². The number of ether oxygens (including phenoxy) is 2. The van der Waals surface area contributed by atoms with Crippen molar-refractivity contribution >= 4 is 11.8 Å². The van der Waals surface area contributed by atoms with Crippen LogP contribution in [0.15, 0.2) is 41.0 Å². The third-order valence-corrected chi connectivity index (χ3v) is 2.50. The lowest BCUT2D eigenvalue weighted by Crippen LogP contribution is -2.08. The summed E-state index contributed by atoms with van der Waals surface area (Å²) in [7, 11) is 1.43. The van der Waals surface area contributed by atoms with Gasteiger partial charge >= 0.3 is 5.97 Å². The number of carbonyl (C=O) groups excluding carboxylic acids is 2. The van der Waals surface area contributed by atoms with E-state index in [-0.39, 0.29) is 17.3 Å². The Bertz CT molecular complexity index is 598. The minimum atomic E-state index is -0.626. The molecule has 1 aromatic carbocycles. The highest BCUT2D eigenvalue weighted by molar-refractivity contribution is 5.95. The van der Waals surface area contributed by atoms with Crippen LogP contribution in [0.4, 0.5) is 0 Å². The molecule has 5 nitrogen and oxygen atoms in total. The van der Waals surface area contributed by atoms with Gasteiger partial charge in [-0.3, -0.25) is 4.79 Å². The van der Waals surface area contributed by atoms with Gasteiger partial charge in [-0.2, -0.15) is 0 Å². The molecule has 0 radical (unpaired) electrons. The van der Waals surface area contributed by atoms with E-state index < -0.39 is 5.97 Å². The normalized spacial score (nSPS) is 10.0. The van der Waals surface area contributed by atoms with Gasteiger partial charge in [0.25, 0.3) is 0 Å². The molecule has 1 aromatic heterocycles. The molecule has 0 aliphatic rings. The van der Waals surface area contributed by atoms with Crippen molar-refractivity contribution in [1.82, 2.24) is 0 Å². The summed E-state index contributed by atoms with van der Waals surface area (Å²) < 4.78 is 15.2. The summed E-state index contributed by atoms with van der Waals surface area (Å²) in [4.78, 5) is 23.0. The van der Waals surface area contributed by atoms with Crippen LogP contribution in [0.3, 0.4) is 0 Å². The van der Waals surface area contributed by atoms with Gasteiger partial charge in [0.15, 0.2) is 17.3 Å². The maximum atomic E-state index is 11.7. The Hall–Kier alpha value is -2.56. The molecule has 2 rings (SSSR count). The Morgan fingerprint density at radius 1 is 1.16 bits per heavy atom. The van der Waals surface area contributed by atoms with Crippen LogP contribution < -0.4 is 9.47 Å². The van der Waals surface area contributed by atoms with Crippen LogP contribution in [0.1, 0.15) is 27.8 Å². The maximum absolute atomic E-state index is 11.7. The van der Waals surface area contributed by atoms with Gasteiger partial charge in [0.1, 0.15) is 0 Å². The van der Waals surface area contributed by atoms with E-state index in [0.717, 1.165) is 0 Å². The standard InChI is InChI=1S/C14H12O5/c1-9(15)10-5-6-11(13(8-10)17-2)19-14(16)12-4-3-7-18-12/h3-8H,1-2H3. The lowest BCUT2D eigenvalue weighted by Gasteiger charge is -2.09. The highest BCUT2D eigenvalue weighted by atomic mass is 16.6. The quantitative estimate of drug-likeness (QED) is 0.480. The summed E-state index contributed by atoms with van der Waals surface area (Å²) in [6, 6.07) is 7.69. The lowest BCUT2D eigenvalue weighted by molar-refractivity contribution is 0.0696. The smallest absolute Gasteiger partial charge is 0.379 e. The van der Waals surface area contributed by atoms with E-state index in [2.05, 4.69) is 0 Å². The fourth-order valence-corrected chi connectivity index (χ4v) is 1.52. The zero-order valence-corrected chi connectivity index (χ0v) is 10.5. The van der Waals surface area contributed by atoms with Crippen molar-refractivity contribution in [2.45, 2.75) is 6.92 Å². The van der Waals surface area contributed by atoms with Crippen molar-refractivity contribution in [3.8, 4) is 11.5 Å². The largest absolute Gasteiger partial charge is 0.493 e. The number of esters is 1. The first kappa shape index (κ1) is 12.9. The summed E-state index contributed by atoms with van der Waals surface area (Å²) in [5, 5.41) is 0. The molecule has 0 fully saturated rings. The van der Waals surface area contributed by atoms with Crippen molar-refractivity contribution in [3.63, 3.8) is 0 Å². The van der Waals surface area contributed by atoms with Gasteiger partial charge < -0.3 is 13.9 Å². The van der Waals surface area contributed by atoms with Crippen molar-refractivity contribution in [3.05, 3.63) is 47.9 Å². The number of hydrogen-bond donors (Lipinski definition) is 0. The second-order valence-corrected chi connectivity index (χ2v) is 3.79. The second-order valence-electron chi connectivity index (χ2n) is 3.79. The van der Waals surface area contributed by atoms with E-state index >= 15 is 0 Å². The monoisotopic (exact) mass is 260 g/mol. The zero-order chi connectivity index (χ0) is 13.8. The molecule has 5 heteroatoms. The van der Waals surface area contributed by atoms with E-state index in [1.807, 2.05) is 0 Å². The predicted octanol–water partition coefficient (Wildman–Crippen LogP) is 2.71. The molecule has 0 bridgehead atoms. The SMILES string of the molecule is COc1cc(C(C)=O)ccc1OC(=O)c1ccco1. The van der Waals surface area contributed by atoms with Gasteiger partial charge in [-0.05, 0) is 37.3 Å². The third-order valence-electron chi connectivity index (χ3n) is 2.50. The van der Waals surface area contributed by atoms with E-state index in [9.17, 15) is 9.59 Å². The first-order valence-electron chi connectivity index (χ1n) is 5.56. The Labute approximate surface area is 109 Å². The molecular formula is C14H12O5. The molecular weight excluding hydrogens is 248 g/mol. The van der Waals surface area contributed by atoms with E-state index in [4.69, 9.17) is 13.9 Å². The summed E-state index contributed by atoms with van der Waals surface area (Å²) in [6.07, 6.45) is 1.38. The molecule has 0 spiro atoms. The predicted molar refractivity (Wildman–Crippen MR) is 66.7 cm³/mol. The lowest BCUT2D eigenvalue weighted by atomic mass is 10.1. The topological polar surface area (TPSA) is 65.7 Å². The average molecular weight is 260 g/mol. The van der Waals surface area contributed by atoms with Gasteiger partial charge in [-0.25, -0.2) is 4.79 Å². The van der Waals surface area contributed by atoms with Gasteiger partial charge in [-0.15, -0.1) is 0 Å². The number of rotatable bonds is 4. The summed E-state index contributed by atoms with van der Waals surface area (Å²) in [5.74, 6) is -0.0831. The van der Waals surface area contributed by atoms with Gasteiger partial charge in [-0.1, -0.05) is 0 Å². The third kappa shape index (κ3) is 2.82. The Morgan fingerprint density at radius 3 is 2.53 bits per heavy atom. The van der Waals surface area contributed by atoms with Crippen molar-refractivity contribution in [2.24, 2.45) is 0 Å². The van der Waals surface area contributed by atoms with E-state index in [1.54, 1.807) is 12.1 Å². The molecule has 98 valence electrons. The molecule has 0 N–H and O–H groups in total. The van der Waals surface area contributed by atoms with Crippen molar-refractivity contribution < 1.29 is 23.5 Å². The Morgan fingerprint density at radius 2 is 1.95 bits per heavy atom. The zero-order valence-electron chi connectivity index (χ0n) is 10.5. The molecule has 0 unspecified atom stereocenters. The summed E-state index contributed by atoms with van der Waals surface area (Å²) in [5.41, 5.74) is 0.481. The molecule has 0 amide bonds. The number of furan rings is 1.